The zero-order chi connectivity index (χ0) is 11.0. The highest BCUT2D eigenvalue weighted by Crippen LogP contribution is 2.36. The van der Waals surface area contributed by atoms with E-state index in [0.29, 0.717) is 5.88 Å². The minimum Gasteiger partial charge on any atom is -0.362 e. The Morgan fingerprint density at radius 2 is 2.31 bits per heavy atom. The van der Waals surface area contributed by atoms with Crippen LogP contribution in [-0.2, 0) is 0 Å². The van der Waals surface area contributed by atoms with E-state index in [4.69, 9.17) is 11.6 Å². The van der Waals surface area contributed by atoms with Crippen LogP contribution in [0.15, 0.2) is 24.7 Å². The van der Waals surface area contributed by atoms with Crippen LogP contribution in [0.3, 0.4) is 0 Å². The van der Waals surface area contributed by atoms with Gasteiger partial charge in [0.05, 0.1) is 11.7 Å². The molecule has 1 fully saturated rings. The minimum atomic E-state index is 0.0423. The van der Waals surface area contributed by atoms with Crippen molar-refractivity contribution in [1.29, 1.82) is 0 Å². The first-order chi connectivity index (χ1) is 7.83. The van der Waals surface area contributed by atoms with Crippen molar-refractivity contribution in [3.8, 4) is 0 Å². The van der Waals surface area contributed by atoms with Gasteiger partial charge >= 0.3 is 0 Å². The maximum Gasteiger partial charge on any atom is 0.152 e. The number of nitrogens with one attached hydrogen (secondary N) is 1. The summed E-state index contributed by atoms with van der Waals surface area (Å²) >= 11 is 6.02. The van der Waals surface area contributed by atoms with Crippen molar-refractivity contribution in [2.24, 2.45) is 0 Å². The first kappa shape index (κ1) is 9.90. The SMILES string of the molecule is ClCC1(Nc2nccn3nccc23)CCC1. The lowest BCUT2D eigenvalue weighted by Gasteiger charge is -2.41. The van der Waals surface area contributed by atoms with Gasteiger partial charge in [-0.1, -0.05) is 0 Å². The van der Waals surface area contributed by atoms with E-state index in [-0.39, 0.29) is 5.54 Å². The number of halogens is 1. The molecule has 1 saturated carbocycles. The van der Waals surface area contributed by atoms with Crippen molar-refractivity contribution in [2.75, 3.05) is 11.2 Å². The van der Waals surface area contributed by atoms with Crippen LogP contribution < -0.4 is 5.32 Å². The molecule has 0 saturated heterocycles. The van der Waals surface area contributed by atoms with Gasteiger partial charge < -0.3 is 5.32 Å². The number of alkyl halides is 1. The van der Waals surface area contributed by atoms with Gasteiger partial charge in [-0.05, 0) is 25.3 Å². The summed E-state index contributed by atoms with van der Waals surface area (Å²) in [5.41, 5.74) is 1.04. The van der Waals surface area contributed by atoms with Gasteiger partial charge in [0.2, 0.25) is 0 Å². The van der Waals surface area contributed by atoms with E-state index in [0.717, 1.165) is 24.2 Å². The number of hydrogen-bond donors (Lipinski definition) is 1. The predicted molar refractivity (Wildman–Crippen MR) is 63.9 cm³/mol. The van der Waals surface area contributed by atoms with Gasteiger partial charge in [0.15, 0.2) is 5.82 Å². The third kappa shape index (κ3) is 1.45. The smallest absolute Gasteiger partial charge is 0.152 e. The fraction of sp³-hybridized carbons (Fsp3) is 0.455. The van der Waals surface area contributed by atoms with E-state index in [1.165, 1.54) is 6.42 Å². The van der Waals surface area contributed by atoms with Crippen molar-refractivity contribution in [3.05, 3.63) is 24.7 Å². The molecule has 1 aliphatic carbocycles. The fourth-order valence-electron chi connectivity index (χ4n) is 2.10. The normalized spacial score (nSPS) is 18.3. The molecule has 16 heavy (non-hydrogen) atoms. The number of anilines is 1. The van der Waals surface area contributed by atoms with E-state index in [1.807, 2.05) is 16.8 Å². The lowest BCUT2D eigenvalue weighted by atomic mass is 9.78. The number of rotatable bonds is 3. The van der Waals surface area contributed by atoms with Gasteiger partial charge in [0.25, 0.3) is 0 Å². The molecule has 0 atom stereocenters. The third-order valence-electron chi connectivity index (χ3n) is 3.27. The molecule has 1 aliphatic rings. The summed E-state index contributed by atoms with van der Waals surface area (Å²) in [7, 11) is 0. The molecule has 3 rings (SSSR count). The van der Waals surface area contributed by atoms with Crippen LogP contribution in [-0.4, -0.2) is 26.0 Å². The van der Waals surface area contributed by atoms with Crippen molar-refractivity contribution < 1.29 is 0 Å². The van der Waals surface area contributed by atoms with Gasteiger partial charge in [-0.2, -0.15) is 5.10 Å². The molecule has 0 radical (unpaired) electrons. The molecule has 0 aromatic carbocycles. The van der Waals surface area contributed by atoms with E-state index in [9.17, 15) is 0 Å². The van der Waals surface area contributed by atoms with Gasteiger partial charge in [0.1, 0.15) is 5.52 Å². The third-order valence-corrected chi connectivity index (χ3v) is 3.79. The highest BCUT2D eigenvalue weighted by atomic mass is 35.5. The summed E-state index contributed by atoms with van der Waals surface area (Å²) < 4.78 is 1.82. The number of nitrogens with zero attached hydrogens (tertiary/aromatic N) is 3. The molecule has 2 heterocycles. The van der Waals surface area contributed by atoms with Crippen LogP contribution in [0, 0.1) is 0 Å². The Morgan fingerprint density at radius 3 is 3.00 bits per heavy atom. The molecule has 2 aromatic rings. The number of fused-ring (bicyclic) bond motifs is 1. The maximum absolute atomic E-state index is 6.02. The lowest BCUT2D eigenvalue weighted by Crippen LogP contribution is -2.47. The van der Waals surface area contributed by atoms with Crippen LogP contribution >= 0.6 is 11.6 Å². The molecule has 2 aromatic heterocycles. The van der Waals surface area contributed by atoms with Crippen molar-refractivity contribution in [3.63, 3.8) is 0 Å². The number of hydrogen-bond acceptors (Lipinski definition) is 3. The van der Waals surface area contributed by atoms with Crippen molar-refractivity contribution >= 4 is 22.9 Å². The molecule has 1 N–H and O–H groups in total. The molecule has 5 heteroatoms. The Hall–Kier alpha value is -1.29. The standard InChI is InChI=1S/C11H13ClN4/c12-8-11(3-1-4-11)15-10-9-2-5-14-16(9)7-6-13-10/h2,5-7H,1,3-4,8H2,(H,13,15). The Balaban J connectivity index is 1.96. The highest BCUT2D eigenvalue weighted by molar-refractivity contribution is 6.19. The Morgan fingerprint density at radius 1 is 1.44 bits per heavy atom. The molecule has 84 valence electrons. The van der Waals surface area contributed by atoms with Gasteiger partial charge in [-0.3, -0.25) is 0 Å². The largest absolute Gasteiger partial charge is 0.362 e. The van der Waals surface area contributed by atoms with Gasteiger partial charge in [-0.15, -0.1) is 11.6 Å². The second kappa shape index (κ2) is 3.63. The minimum absolute atomic E-state index is 0.0423. The molecule has 0 unspecified atom stereocenters. The summed E-state index contributed by atoms with van der Waals surface area (Å²) in [5, 5.41) is 7.65. The first-order valence-corrected chi connectivity index (χ1v) is 5.99. The second-order valence-electron chi connectivity index (χ2n) is 4.33. The zero-order valence-corrected chi connectivity index (χ0v) is 9.61. The van der Waals surface area contributed by atoms with Crippen LogP contribution in [0.4, 0.5) is 5.82 Å². The molecule has 0 aliphatic heterocycles. The molecule has 4 nitrogen and oxygen atoms in total. The monoisotopic (exact) mass is 236 g/mol. The summed E-state index contributed by atoms with van der Waals surface area (Å²) in [5.74, 6) is 1.50. The molecule has 0 spiro atoms. The highest BCUT2D eigenvalue weighted by Gasteiger charge is 2.36. The van der Waals surface area contributed by atoms with Gasteiger partial charge in [-0.25, -0.2) is 9.50 Å². The van der Waals surface area contributed by atoms with Crippen molar-refractivity contribution in [2.45, 2.75) is 24.8 Å². The van der Waals surface area contributed by atoms with Crippen LogP contribution in [0.1, 0.15) is 19.3 Å². The maximum atomic E-state index is 6.02. The second-order valence-corrected chi connectivity index (χ2v) is 4.60. The van der Waals surface area contributed by atoms with E-state index < -0.39 is 0 Å². The number of aromatic nitrogens is 3. The van der Waals surface area contributed by atoms with Crippen LogP contribution in [0.2, 0.25) is 0 Å². The molecular weight excluding hydrogens is 224 g/mol. The quantitative estimate of drug-likeness (QED) is 0.832. The van der Waals surface area contributed by atoms with E-state index in [1.54, 1.807) is 12.4 Å². The molecular formula is C11H13ClN4. The van der Waals surface area contributed by atoms with Crippen LogP contribution in [0.5, 0.6) is 0 Å². The molecule has 0 amide bonds. The Kier molecular flexibility index (Phi) is 2.24. The molecule has 0 bridgehead atoms. The van der Waals surface area contributed by atoms with Crippen LogP contribution in [0.25, 0.3) is 5.52 Å². The topological polar surface area (TPSA) is 42.2 Å². The zero-order valence-electron chi connectivity index (χ0n) is 8.86. The van der Waals surface area contributed by atoms with Gasteiger partial charge in [0, 0.05) is 18.3 Å². The Labute approximate surface area is 98.6 Å². The van der Waals surface area contributed by atoms with E-state index >= 15 is 0 Å². The summed E-state index contributed by atoms with van der Waals surface area (Å²) in [4.78, 5) is 4.36. The first-order valence-electron chi connectivity index (χ1n) is 5.46. The Bertz CT molecular complexity index is 498. The predicted octanol–water partition coefficient (Wildman–Crippen LogP) is 2.30. The van der Waals surface area contributed by atoms with E-state index in [2.05, 4.69) is 15.4 Å². The summed E-state index contributed by atoms with van der Waals surface area (Å²) in [6, 6.07) is 1.95. The average molecular weight is 237 g/mol. The lowest BCUT2D eigenvalue weighted by molar-refractivity contribution is 0.310. The summed E-state index contributed by atoms with van der Waals surface area (Å²) in [6.45, 7) is 0. The fourth-order valence-corrected chi connectivity index (χ4v) is 2.43. The average Bonchev–Trinajstić information content (AvgIpc) is 2.72. The summed E-state index contributed by atoms with van der Waals surface area (Å²) in [6.07, 6.45) is 8.84. The van der Waals surface area contributed by atoms with Crippen molar-refractivity contribution in [1.82, 2.24) is 14.6 Å².